The van der Waals surface area contributed by atoms with Crippen molar-refractivity contribution < 1.29 is 19.4 Å². The fraction of sp³-hybridized carbons (Fsp3) is 0.185. The van der Waals surface area contributed by atoms with E-state index in [2.05, 4.69) is 26.6 Å². The maximum absolute atomic E-state index is 12.6. The molecule has 0 aromatic heterocycles. The third-order valence-corrected chi connectivity index (χ3v) is 5.87. The molecule has 5 N–H and O–H groups in total. The minimum Gasteiger partial charge on any atom is -0.508 e. The first-order valence-electron chi connectivity index (χ1n) is 11.2. The van der Waals surface area contributed by atoms with Gasteiger partial charge in [0.05, 0.1) is 11.4 Å². The number of hydrogen-bond acceptors (Lipinski definition) is 5. The van der Waals surface area contributed by atoms with Crippen LogP contribution >= 0.6 is 15.9 Å². The number of carbonyl (C=O) groups excluding carboxylic acids is 2. The average Bonchev–Trinajstić information content (AvgIpc) is 2.84. The number of para-hydroxylation sites is 2. The summed E-state index contributed by atoms with van der Waals surface area (Å²) in [7, 11) is 0. The number of phenolic OH excluding ortho intramolecular Hbond substituents is 1. The van der Waals surface area contributed by atoms with E-state index >= 15 is 0 Å². The summed E-state index contributed by atoms with van der Waals surface area (Å²) in [4.78, 5) is 24.8. The molecule has 0 aliphatic rings. The lowest BCUT2D eigenvalue weighted by Gasteiger charge is -2.24. The molecule has 0 saturated heterocycles. The van der Waals surface area contributed by atoms with Crippen LogP contribution in [0.4, 0.5) is 21.9 Å². The standard InChI is InChI=1S/C27H28BrN3O4/c1-18(6-2-5-9-25(33)31-24-8-4-3-7-23(24)29)26(19-10-16-22(32)17-11-19)35-27(34)30-21-14-12-20(28)13-15-21/h3-5,7-18,26,32H,2,6,29H2,1H3,(H,30,34)(H,31,33)/b9-5+/t18-,26-/m1/s1. The molecule has 0 aliphatic carbocycles. The lowest BCUT2D eigenvalue weighted by atomic mass is 9.93. The Morgan fingerprint density at radius 3 is 2.40 bits per heavy atom. The molecule has 0 saturated carbocycles. The van der Waals surface area contributed by atoms with Crippen LogP contribution in [-0.4, -0.2) is 17.1 Å². The van der Waals surface area contributed by atoms with Crippen LogP contribution in [0.15, 0.2) is 89.4 Å². The summed E-state index contributed by atoms with van der Waals surface area (Å²) in [5, 5.41) is 15.1. The Labute approximate surface area is 213 Å². The molecule has 7 nitrogen and oxygen atoms in total. The zero-order chi connectivity index (χ0) is 25.2. The first-order chi connectivity index (χ1) is 16.8. The van der Waals surface area contributed by atoms with E-state index in [1.165, 1.54) is 6.08 Å². The Hall–Kier alpha value is -3.78. The van der Waals surface area contributed by atoms with Crippen LogP contribution in [0.2, 0.25) is 0 Å². The third-order valence-electron chi connectivity index (χ3n) is 5.34. The van der Waals surface area contributed by atoms with Crippen LogP contribution in [0, 0.1) is 5.92 Å². The monoisotopic (exact) mass is 537 g/mol. The number of nitrogens with two attached hydrogens (primary N) is 1. The van der Waals surface area contributed by atoms with E-state index in [0.29, 0.717) is 29.9 Å². The Balaban J connectivity index is 1.60. The third kappa shape index (κ3) is 8.19. The molecule has 0 unspecified atom stereocenters. The maximum Gasteiger partial charge on any atom is 0.412 e. The van der Waals surface area contributed by atoms with Gasteiger partial charge in [-0.2, -0.15) is 0 Å². The van der Waals surface area contributed by atoms with Crippen molar-refractivity contribution in [3.63, 3.8) is 0 Å². The van der Waals surface area contributed by atoms with E-state index in [1.807, 2.05) is 19.1 Å². The largest absolute Gasteiger partial charge is 0.508 e. The number of anilines is 3. The molecule has 0 spiro atoms. The van der Waals surface area contributed by atoms with Crippen molar-refractivity contribution in [3.05, 3.63) is 95.0 Å². The highest BCUT2D eigenvalue weighted by molar-refractivity contribution is 9.10. The normalized spacial score (nSPS) is 12.6. The molecule has 35 heavy (non-hydrogen) atoms. The van der Waals surface area contributed by atoms with Crippen molar-refractivity contribution in [2.24, 2.45) is 5.92 Å². The number of halogens is 1. The fourth-order valence-electron chi connectivity index (χ4n) is 3.46. The number of rotatable bonds is 9. The van der Waals surface area contributed by atoms with Gasteiger partial charge in [-0.25, -0.2) is 4.79 Å². The van der Waals surface area contributed by atoms with Gasteiger partial charge in [-0.05, 0) is 78.9 Å². The van der Waals surface area contributed by atoms with E-state index in [4.69, 9.17) is 10.5 Å². The summed E-state index contributed by atoms with van der Waals surface area (Å²) in [6.07, 6.45) is 3.39. The second kappa shape index (κ2) is 12.6. The molecule has 2 amide bonds. The van der Waals surface area contributed by atoms with Crippen LogP contribution < -0.4 is 16.4 Å². The van der Waals surface area contributed by atoms with Crippen molar-refractivity contribution in [2.45, 2.75) is 25.9 Å². The first kappa shape index (κ1) is 25.8. The van der Waals surface area contributed by atoms with Crippen molar-refractivity contribution in [1.82, 2.24) is 0 Å². The molecule has 182 valence electrons. The number of phenols is 1. The molecule has 3 aromatic rings. The van der Waals surface area contributed by atoms with Crippen LogP contribution in [-0.2, 0) is 9.53 Å². The van der Waals surface area contributed by atoms with Crippen molar-refractivity contribution in [1.29, 1.82) is 0 Å². The smallest absolute Gasteiger partial charge is 0.412 e. The van der Waals surface area contributed by atoms with Gasteiger partial charge in [-0.15, -0.1) is 0 Å². The summed E-state index contributed by atoms with van der Waals surface area (Å²) in [5.74, 6) is -0.198. The quantitative estimate of drug-likeness (QED) is 0.180. The van der Waals surface area contributed by atoms with Gasteiger partial charge in [0.15, 0.2) is 0 Å². The number of nitrogens with one attached hydrogen (secondary N) is 2. The van der Waals surface area contributed by atoms with E-state index in [1.54, 1.807) is 66.7 Å². The molecule has 3 aromatic carbocycles. The van der Waals surface area contributed by atoms with Crippen LogP contribution in [0.25, 0.3) is 0 Å². The molecule has 2 atom stereocenters. The Kier molecular flexibility index (Phi) is 9.31. The van der Waals surface area contributed by atoms with Gasteiger partial charge >= 0.3 is 6.09 Å². The second-order valence-electron chi connectivity index (χ2n) is 8.08. The van der Waals surface area contributed by atoms with E-state index < -0.39 is 12.2 Å². The Morgan fingerprint density at radius 2 is 1.71 bits per heavy atom. The predicted octanol–water partition coefficient (Wildman–Crippen LogP) is 6.64. The van der Waals surface area contributed by atoms with Crippen molar-refractivity contribution in [2.75, 3.05) is 16.4 Å². The molecular formula is C27H28BrN3O4. The zero-order valence-corrected chi connectivity index (χ0v) is 20.9. The van der Waals surface area contributed by atoms with Gasteiger partial charge in [0.25, 0.3) is 0 Å². The van der Waals surface area contributed by atoms with Gasteiger partial charge in [-0.3, -0.25) is 10.1 Å². The zero-order valence-electron chi connectivity index (χ0n) is 19.3. The topological polar surface area (TPSA) is 114 Å². The predicted molar refractivity (Wildman–Crippen MR) is 142 cm³/mol. The SMILES string of the molecule is C[C@H](CC/C=C/C(=O)Nc1ccccc1N)[C@@H](OC(=O)Nc1ccc(Br)cc1)c1ccc(O)cc1. The van der Waals surface area contributed by atoms with Gasteiger partial charge < -0.3 is 20.9 Å². The average molecular weight is 538 g/mol. The van der Waals surface area contributed by atoms with Crippen molar-refractivity contribution in [3.8, 4) is 5.75 Å². The molecular weight excluding hydrogens is 510 g/mol. The Morgan fingerprint density at radius 1 is 1.03 bits per heavy atom. The molecule has 3 rings (SSSR count). The number of aromatic hydroxyl groups is 1. The first-order valence-corrected chi connectivity index (χ1v) is 12.0. The highest BCUT2D eigenvalue weighted by Crippen LogP contribution is 2.31. The minimum absolute atomic E-state index is 0.0623. The molecule has 0 fully saturated rings. The van der Waals surface area contributed by atoms with Gasteiger partial charge in [-0.1, -0.05) is 53.2 Å². The van der Waals surface area contributed by atoms with Crippen LogP contribution in [0.3, 0.4) is 0 Å². The van der Waals surface area contributed by atoms with E-state index in [9.17, 15) is 14.7 Å². The van der Waals surface area contributed by atoms with E-state index in [0.717, 1.165) is 10.0 Å². The number of nitrogen functional groups attached to an aromatic ring is 1. The number of ether oxygens (including phenoxy) is 1. The molecule has 0 aliphatic heterocycles. The minimum atomic E-state index is -0.576. The highest BCUT2D eigenvalue weighted by atomic mass is 79.9. The maximum atomic E-state index is 12.6. The number of allylic oxidation sites excluding steroid dienone is 1. The number of hydrogen-bond donors (Lipinski definition) is 4. The molecule has 8 heteroatoms. The van der Waals surface area contributed by atoms with Crippen molar-refractivity contribution >= 4 is 45.0 Å². The molecule has 0 radical (unpaired) electrons. The lowest BCUT2D eigenvalue weighted by molar-refractivity contribution is -0.111. The van der Waals surface area contributed by atoms with Crippen LogP contribution in [0.5, 0.6) is 5.75 Å². The summed E-state index contributed by atoms with van der Waals surface area (Å²) in [6.45, 7) is 1.98. The fourth-order valence-corrected chi connectivity index (χ4v) is 3.72. The summed E-state index contributed by atoms with van der Waals surface area (Å²) < 4.78 is 6.69. The van der Waals surface area contributed by atoms with Crippen LogP contribution in [0.1, 0.15) is 31.4 Å². The van der Waals surface area contributed by atoms with Gasteiger partial charge in [0.1, 0.15) is 11.9 Å². The summed E-state index contributed by atoms with van der Waals surface area (Å²) in [5.41, 5.74) is 8.29. The van der Waals surface area contributed by atoms with Gasteiger partial charge in [0, 0.05) is 10.2 Å². The Bertz CT molecular complexity index is 1160. The number of benzene rings is 3. The van der Waals surface area contributed by atoms with E-state index in [-0.39, 0.29) is 17.6 Å². The molecule has 0 bridgehead atoms. The molecule has 0 heterocycles. The number of carbonyl (C=O) groups is 2. The van der Waals surface area contributed by atoms with Gasteiger partial charge in [0.2, 0.25) is 5.91 Å². The summed E-state index contributed by atoms with van der Waals surface area (Å²) in [6, 6.07) is 20.8. The second-order valence-corrected chi connectivity index (χ2v) is 9.00. The summed E-state index contributed by atoms with van der Waals surface area (Å²) >= 11 is 3.37. The highest BCUT2D eigenvalue weighted by Gasteiger charge is 2.23. The lowest BCUT2D eigenvalue weighted by Crippen LogP contribution is -2.22. The number of amides is 2.